The van der Waals surface area contributed by atoms with Crippen molar-refractivity contribution in [1.29, 1.82) is 5.26 Å². The van der Waals surface area contributed by atoms with Crippen LogP contribution in [0.2, 0.25) is 0 Å². The molecule has 3 rings (SSSR count). The van der Waals surface area contributed by atoms with E-state index in [0.29, 0.717) is 4.91 Å². The molecule has 0 saturated carbocycles. The molecule has 1 aromatic rings. The van der Waals surface area contributed by atoms with E-state index in [9.17, 15) is 9.59 Å². The summed E-state index contributed by atoms with van der Waals surface area (Å²) in [5.41, 5.74) is 1.86. The highest BCUT2D eigenvalue weighted by Gasteiger charge is 2.48. The first-order valence-electron chi connectivity index (χ1n) is 7.08. The van der Waals surface area contributed by atoms with Crippen molar-refractivity contribution < 1.29 is 9.59 Å². The summed E-state index contributed by atoms with van der Waals surface area (Å²) in [5, 5.41) is 11.1. The molecule has 0 fully saturated rings. The molecule has 0 N–H and O–H groups in total. The molecular formula is C18H14N2O2S. The predicted octanol–water partition coefficient (Wildman–Crippen LogP) is 2.83. The van der Waals surface area contributed by atoms with E-state index in [2.05, 4.69) is 0 Å². The topological polar surface area (TPSA) is 61.2 Å². The Morgan fingerprint density at radius 1 is 1.17 bits per heavy atom. The van der Waals surface area contributed by atoms with Gasteiger partial charge in [-0.15, -0.1) is 0 Å². The molecule has 0 saturated heterocycles. The Morgan fingerprint density at radius 2 is 1.83 bits per heavy atom. The number of carbonyl (C=O) groups is 2. The Hall–Kier alpha value is -2.58. The number of hydrogen-bond donors (Lipinski definition) is 0. The van der Waals surface area contributed by atoms with Gasteiger partial charge >= 0.3 is 0 Å². The molecular weight excluding hydrogens is 308 g/mol. The van der Waals surface area contributed by atoms with Crippen LogP contribution in [0.1, 0.15) is 11.1 Å². The molecule has 4 nitrogen and oxygen atoms in total. The number of allylic oxidation sites excluding steroid dienone is 2. The fourth-order valence-electron chi connectivity index (χ4n) is 3.03. The van der Waals surface area contributed by atoms with Crippen LogP contribution < -0.4 is 0 Å². The fraction of sp³-hybridized carbons (Fsp3) is 0.167. The minimum Gasteiger partial charge on any atom is -0.324 e. The standard InChI is InChI=1S/C18H14N2O2S/c1-12-5-3-4-6-14(12)15-16(23-11-19)17(22)20(2)18(15)9-7-13(21)8-10-18/h3-10H,1-2H3. The van der Waals surface area contributed by atoms with Crippen molar-refractivity contribution >= 4 is 29.0 Å². The van der Waals surface area contributed by atoms with Gasteiger partial charge in [-0.3, -0.25) is 9.59 Å². The molecule has 1 spiro atoms. The second-order valence-corrected chi connectivity index (χ2v) is 6.27. The average molecular weight is 322 g/mol. The summed E-state index contributed by atoms with van der Waals surface area (Å²) in [6.07, 6.45) is 6.42. The lowest BCUT2D eigenvalue weighted by atomic mass is 9.81. The molecule has 5 heteroatoms. The molecule has 1 amide bonds. The van der Waals surface area contributed by atoms with Gasteiger partial charge in [-0.25, -0.2) is 0 Å². The van der Waals surface area contributed by atoms with Gasteiger partial charge in [0.25, 0.3) is 5.91 Å². The van der Waals surface area contributed by atoms with Crippen LogP contribution in [0, 0.1) is 17.6 Å². The first-order chi connectivity index (χ1) is 11.0. The normalized spacial score (nSPS) is 18.9. The van der Waals surface area contributed by atoms with Crippen molar-refractivity contribution in [2.24, 2.45) is 0 Å². The number of thiocyanates is 1. The van der Waals surface area contributed by atoms with E-state index in [1.165, 1.54) is 12.2 Å². The highest BCUT2D eigenvalue weighted by Crippen LogP contribution is 2.48. The molecule has 1 aliphatic heterocycles. The molecule has 0 radical (unpaired) electrons. The van der Waals surface area contributed by atoms with Crippen LogP contribution in [0.4, 0.5) is 0 Å². The van der Waals surface area contributed by atoms with Crippen molar-refractivity contribution in [3.05, 3.63) is 64.6 Å². The van der Waals surface area contributed by atoms with Crippen molar-refractivity contribution in [1.82, 2.24) is 4.90 Å². The van der Waals surface area contributed by atoms with E-state index in [1.54, 1.807) is 24.1 Å². The van der Waals surface area contributed by atoms with Crippen molar-refractivity contribution in [2.45, 2.75) is 12.5 Å². The van der Waals surface area contributed by atoms with Crippen LogP contribution >= 0.6 is 11.8 Å². The highest BCUT2D eigenvalue weighted by atomic mass is 32.2. The summed E-state index contributed by atoms with van der Waals surface area (Å²) < 4.78 is 0. The van der Waals surface area contributed by atoms with E-state index in [-0.39, 0.29) is 11.7 Å². The van der Waals surface area contributed by atoms with Crippen LogP contribution in [0.25, 0.3) is 5.57 Å². The molecule has 0 atom stereocenters. The average Bonchev–Trinajstić information content (AvgIpc) is 2.74. The molecule has 1 heterocycles. The van der Waals surface area contributed by atoms with Crippen LogP contribution in [-0.4, -0.2) is 29.2 Å². The number of nitriles is 1. The Morgan fingerprint density at radius 3 is 2.43 bits per heavy atom. The van der Waals surface area contributed by atoms with Gasteiger partial charge in [0.1, 0.15) is 10.9 Å². The monoisotopic (exact) mass is 322 g/mol. The number of carbonyl (C=O) groups excluding carboxylic acids is 2. The molecule has 0 aromatic heterocycles. The smallest absolute Gasteiger partial charge is 0.262 e. The zero-order valence-electron chi connectivity index (χ0n) is 12.7. The van der Waals surface area contributed by atoms with E-state index in [4.69, 9.17) is 5.26 Å². The maximum Gasteiger partial charge on any atom is 0.262 e. The summed E-state index contributed by atoms with van der Waals surface area (Å²) in [5.74, 6) is -0.319. The molecule has 1 aromatic carbocycles. The van der Waals surface area contributed by atoms with Crippen molar-refractivity contribution in [2.75, 3.05) is 7.05 Å². The number of aryl methyl sites for hydroxylation is 1. The Bertz CT molecular complexity index is 827. The number of thioether (sulfide) groups is 1. The number of benzene rings is 1. The minimum atomic E-state index is -0.823. The van der Waals surface area contributed by atoms with Gasteiger partial charge in [0.05, 0.1) is 4.91 Å². The largest absolute Gasteiger partial charge is 0.324 e. The lowest BCUT2D eigenvalue weighted by molar-refractivity contribution is -0.125. The molecule has 2 aliphatic rings. The van der Waals surface area contributed by atoms with Crippen LogP contribution in [0.15, 0.2) is 53.5 Å². The second-order valence-electron chi connectivity index (χ2n) is 5.47. The molecule has 114 valence electrons. The van der Waals surface area contributed by atoms with Gasteiger partial charge in [-0.05, 0) is 54.1 Å². The lowest BCUT2D eigenvalue weighted by Crippen LogP contribution is -2.43. The summed E-state index contributed by atoms with van der Waals surface area (Å²) >= 11 is 0.872. The highest BCUT2D eigenvalue weighted by molar-refractivity contribution is 8.08. The zero-order chi connectivity index (χ0) is 16.6. The van der Waals surface area contributed by atoms with Crippen LogP contribution in [-0.2, 0) is 9.59 Å². The van der Waals surface area contributed by atoms with Gasteiger partial charge in [-0.1, -0.05) is 24.3 Å². The van der Waals surface area contributed by atoms with Gasteiger partial charge in [-0.2, -0.15) is 5.26 Å². The van der Waals surface area contributed by atoms with Crippen molar-refractivity contribution in [3.63, 3.8) is 0 Å². The fourth-order valence-corrected chi connectivity index (χ4v) is 3.72. The first-order valence-corrected chi connectivity index (χ1v) is 7.90. The van der Waals surface area contributed by atoms with Gasteiger partial charge < -0.3 is 4.90 Å². The molecule has 0 bridgehead atoms. The summed E-state index contributed by atoms with van der Waals surface area (Å²) in [4.78, 5) is 26.2. The summed E-state index contributed by atoms with van der Waals surface area (Å²) in [7, 11) is 1.69. The Balaban J connectivity index is 2.32. The quantitative estimate of drug-likeness (QED) is 0.786. The van der Waals surface area contributed by atoms with Crippen LogP contribution in [0.3, 0.4) is 0 Å². The maximum absolute atomic E-state index is 12.7. The predicted molar refractivity (Wildman–Crippen MR) is 90.1 cm³/mol. The SMILES string of the molecule is Cc1ccccc1C1=C(SC#N)C(=O)N(C)C12C=CC(=O)C=C2. The number of hydrogen-bond acceptors (Lipinski definition) is 4. The third-order valence-electron chi connectivity index (χ3n) is 4.25. The number of nitrogens with zero attached hydrogens (tertiary/aromatic N) is 2. The Labute approximate surface area is 138 Å². The molecule has 23 heavy (non-hydrogen) atoms. The minimum absolute atomic E-state index is 0.109. The van der Waals surface area contributed by atoms with E-state index in [0.717, 1.165) is 28.5 Å². The Kier molecular flexibility index (Phi) is 3.70. The summed E-state index contributed by atoms with van der Waals surface area (Å²) in [6, 6.07) is 7.74. The van der Waals surface area contributed by atoms with E-state index >= 15 is 0 Å². The third-order valence-corrected chi connectivity index (χ3v) is 4.92. The number of likely N-dealkylation sites (N-methyl/N-ethyl adjacent to an activating group) is 1. The first kappa shape index (κ1) is 15.3. The van der Waals surface area contributed by atoms with E-state index < -0.39 is 5.54 Å². The zero-order valence-corrected chi connectivity index (χ0v) is 13.6. The lowest BCUT2D eigenvalue weighted by Gasteiger charge is -2.35. The van der Waals surface area contributed by atoms with Crippen LogP contribution in [0.5, 0.6) is 0 Å². The van der Waals surface area contributed by atoms with Gasteiger partial charge in [0.15, 0.2) is 5.78 Å². The number of rotatable bonds is 2. The maximum atomic E-state index is 12.7. The second kappa shape index (κ2) is 5.56. The molecule has 0 unspecified atom stereocenters. The molecule has 1 aliphatic carbocycles. The van der Waals surface area contributed by atoms with Gasteiger partial charge in [0, 0.05) is 12.6 Å². The summed E-state index contributed by atoms with van der Waals surface area (Å²) in [6.45, 7) is 1.97. The number of amides is 1. The third kappa shape index (κ3) is 2.23. The van der Waals surface area contributed by atoms with Crippen molar-refractivity contribution in [3.8, 4) is 5.40 Å². The van der Waals surface area contributed by atoms with E-state index in [1.807, 2.05) is 36.6 Å². The van der Waals surface area contributed by atoms with Gasteiger partial charge in [0.2, 0.25) is 0 Å². The number of ketones is 1.